The molecule has 3 nitrogen and oxygen atoms in total. The highest BCUT2D eigenvalue weighted by Crippen LogP contribution is 2.61. The molecule has 1 atom stereocenters. The van der Waals surface area contributed by atoms with E-state index in [9.17, 15) is 79.0 Å². The summed E-state index contributed by atoms with van der Waals surface area (Å²) in [5, 5.41) is 0. The molecule has 0 aliphatic carbocycles. The highest BCUT2D eigenvalue weighted by atomic mass is 19.4. The molecule has 0 bridgehead atoms. The van der Waals surface area contributed by atoms with Gasteiger partial charge in [0.2, 0.25) is 0 Å². The van der Waals surface area contributed by atoms with Crippen LogP contribution in [0.15, 0.2) is 0 Å². The molecule has 186 valence electrons. The van der Waals surface area contributed by atoms with Gasteiger partial charge in [0.25, 0.3) is 6.30 Å². The van der Waals surface area contributed by atoms with Crippen LogP contribution in [0.1, 0.15) is 0 Å². The van der Waals surface area contributed by atoms with Gasteiger partial charge in [0.1, 0.15) is 6.61 Å². The van der Waals surface area contributed by atoms with E-state index in [1.165, 1.54) is 0 Å². The maximum absolute atomic E-state index is 13.6. The van der Waals surface area contributed by atoms with E-state index in [0.717, 1.165) is 0 Å². The Bertz CT molecular complexity index is 630. The van der Waals surface area contributed by atoms with Crippen LogP contribution < -0.4 is 0 Å². The summed E-state index contributed by atoms with van der Waals surface area (Å²) in [5.74, 6) is -5.64. The number of alkyl halides is 18. The van der Waals surface area contributed by atoms with Crippen molar-refractivity contribution in [3.8, 4) is 0 Å². The standard InChI is InChI=1S/C10H4F18N2O/c11-2(12)4(14,15)1-31-5(16,17)3(13)29-6(18,19)8(22,23)30(10(26,27)28)9(24,25)7(29,20)21/h2-3H,1H2. The molecule has 0 aromatic carbocycles. The number of hydrogen-bond donors (Lipinski definition) is 0. The highest BCUT2D eigenvalue weighted by Gasteiger charge is 2.91. The van der Waals surface area contributed by atoms with Gasteiger partial charge in [-0.25, -0.2) is 13.2 Å². The van der Waals surface area contributed by atoms with Crippen molar-refractivity contribution >= 4 is 0 Å². The Hall–Kier alpha value is -1.38. The van der Waals surface area contributed by atoms with Crippen LogP contribution >= 0.6 is 0 Å². The second kappa shape index (κ2) is 7.32. The van der Waals surface area contributed by atoms with Crippen LogP contribution in [0.3, 0.4) is 0 Å². The van der Waals surface area contributed by atoms with E-state index >= 15 is 0 Å². The molecule has 1 fully saturated rings. The van der Waals surface area contributed by atoms with E-state index in [1.807, 2.05) is 0 Å². The molecule has 1 aliphatic rings. The van der Waals surface area contributed by atoms with Crippen LogP contribution in [0.5, 0.6) is 0 Å². The Balaban J connectivity index is 3.53. The van der Waals surface area contributed by atoms with Crippen molar-refractivity contribution in [1.82, 2.24) is 9.80 Å². The largest absolute Gasteiger partial charge is 0.469 e. The minimum absolute atomic E-state index is 2.42. The van der Waals surface area contributed by atoms with Gasteiger partial charge in [-0.05, 0) is 0 Å². The predicted molar refractivity (Wildman–Crippen MR) is 56.3 cm³/mol. The molecular formula is C10H4F18N2O. The summed E-state index contributed by atoms with van der Waals surface area (Å²) in [6.45, 7) is -3.34. The molecule has 1 heterocycles. The van der Waals surface area contributed by atoms with Crippen LogP contribution in [0.4, 0.5) is 79.0 Å². The van der Waals surface area contributed by atoms with E-state index in [1.54, 1.807) is 0 Å². The molecule has 1 unspecified atom stereocenters. The SMILES string of the molecule is FC(F)C(F)(F)COC(F)(F)C(F)N1C(F)(F)C(F)(F)N(C(F)(F)F)C(F)(F)C1(F)F. The summed E-state index contributed by atoms with van der Waals surface area (Å²) >= 11 is 0. The van der Waals surface area contributed by atoms with E-state index in [-0.39, 0.29) is 0 Å². The third-order valence-electron chi connectivity index (χ3n) is 3.42. The van der Waals surface area contributed by atoms with Crippen LogP contribution in [-0.2, 0) is 4.74 Å². The van der Waals surface area contributed by atoms with E-state index in [4.69, 9.17) is 0 Å². The number of nitrogens with zero attached hydrogens (tertiary/aromatic N) is 2. The fourth-order valence-corrected chi connectivity index (χ4v) is 1.99. The first-order valence-electron chi connectivity index (χ1n) is 6.79. The van der Waals surface area contributed by atoms with Crippen LogP contribution in [0, 0.1) is 0 Å². The lowest BCUT2D eigenvalue weighted by molar-refractivity contribution is -0.565. The van der Waals surface area contributed by atoms with Crippen molar-refractivity contribution in [3.05, 3.63) is 0 Å². The lowest BCUT2D eigenvalue weighted by Gasteiger charge is -2.54. The second-order valence-electron chi connectivity index (χ2n) is 5.59. The molecule has 1 saturated heterocycles. The first-order chi connectivity index (χ1) is 13.3. The average molecular weight is 510 g/mol. The smallest absolute Gasteiger partial charge is 0.310 e. The average Bonchev–Trinajstić information content (AvgIpc) is 2.49. The van der Waals surface area contributed by atoms with Crippen molar-refractivity contribution < 1.29 is 83.8 Å². The number of piperazine rings is 1. The third kappa shape index (κ3) is 4.18. The van der Waals surface area contributed by atoms with Gasteiger partial charge in [-0.1, -0.05) is 4.90 Å². The molecule has 0 radical (unpaired) electrons. The summed E-state index contributed by atoms with van der Waals surface area (Å²) in [6, 6.07) is -30.2. The zero-order valence-electron chi connectivity index (χ0n) is 13.5. The molecule has 0 amide bonds. The minimum atomic E-state index is -7.57. The zero-order chi connectivity index (χ0) is 25.2. The maximum atomic E-state index is 13.6. The molecule has 1 aliphatic heterocycles. The Morgan fingerprint density at radius 1 is 0.645 bits per heavy atom. The van der Waals surface area contributed by atoms with Crippen molar-refractivity contribution in [1.29, 1.82) is 0 Å². The molecule has 31 heavy (non-hydrogen) atoms. The summed E-state index contributed by atoms with van der Waals surface area (Å²) in [7, 11) is 0. The monoisotopic (exact) mass is 510 g/mol. The first-order valence-corrected chi connectivity index (χ1v) is 6.79. The minimum Gasteiger partial charge on any atom is -0.310 e. The molecular weight excluding hydrogens is 506 g/mol. The number of halogens is 18. The van der Waals surface area contributed by atoms with Crippen molar-refractivity contribution in [2.45, 2.75) is 55.2 Å². The van der Waals surface area contributed by atoms with Crippen LogP contribution in [0.2, 0.25) is 0 Å². The Morgan fingerprint density at radius 2 is 1.00 bits per heavy atom. The molecule has 21 heteroatoms. The molecule has 0 spiro atoms. The Labute approximate surface area is 157 Å². The first kappa shape index (κ1) is 27.7. The number of ether oxygens (including phenoxy) is 1. The normalized spacial score (nSPS) is 25.6. The van der Waals surface area contributed by atoms with Gasteiger partial charge in [-0.2, -0.15) is 65.9 Å². The summed E-state index contributed by atoms with van der Waals surface area (Å²) in [4.78, 5) is -7.76. The van der Waals surface area contributed by atoms with Crippen molar-refractivity contribution in [2.24, 2.45) is 0 Å². The van der Waals surface area contributed by atoms with E-state index in [2.05, 4.69) is 4.74 Å². The number of hydrogen-bond acceptors (Lipinski definition) is 3. The van der Waals surface area contributed by atoms with Gasteiger partial charge in [-0.15, -0.1) is 4.90 Å². The zero-order valence-corrected chi connectivity index (χ0v) is 13.5. The fraction of sp³-hybridized carbons (Fsp3) is 1.00. The molecule has 0 aromatic rings. The van der Waals surface area contributed by atoms with E-state index < -0.39 is 71.6 Å². The van der Waals surface area contributed by atoms with Gasteiger partial charge in [0, 0.05) is 0 Å². The van der Waals surface area contributed by atoms with Crippen molar-refractivity contribution in [3.63, 3.8) is 0 Å². The summed E-state index contributed by atoms with van der Waals surface area (Å²) in [6.07, 6.45) is -24.9. The highest BCUT2D eigenvalue weighted by molar-refractivity contribution is 5.05. The maximum Gasteiger partial charge on any atom is 0.469 e. The Morgan fingerprint density at radius 3 is 1.29 bits per heavy atom. The summed E-state index contributed by atoms with van der Waals surface area (Å²) < 4.78 is 236. The van der Waals surface area contributed by atoms with E-state index in [0.29, 0.717) is 0 Å². The van der Waals surface area contributed by atoms with Gasteiger partial charge in [-0.3, -0.25) is 0 Å². The fourth-order valence-electron chi connectivity index (χ4n) is 1.99. The van der Waals surface area contributed by atoms with Crippen LogP contribution in [-0.4, -0.2) is 71.6 Å². The third-order valence-corrected chi connectivity index (χ3v) is 3.42. The second-order valence-corrected chi connectivity index (χ2v) is 5.59. The van der Waals surface area contributed by atoms with Gasteiger partial charge >= 0.3 is 48.9 Å². The lowest BCUT2D eigenvalue weighted by atomic mass is 10.1. The number of rotatable bonds is 6. The molecule has 0 aromatic heterocycles. The van der Waals surface area contributed by atoms with Gasteiger partial charge in [0.15, 0.2) is 0 Å². The van der Waals surface area contributed by atoms with Crippen molar-refractivity contribution in [2.75, 3.05) is 6.61 Å². The molecule has 0 N–H and O–H groups in total. The molecule has 1 rings (SSSR count). The molecule has 0 saturated carbocycles. The summed E-state index contributed by atoms with van der Waals surface area (Å²) in [5.41, 5.74) is 0. The van der Waals surface area contributed by atoms with Crippen LogP contribution in [0.25, 0.3) is 0 Å². The quantitative estimate of drug-likeness (QED) is 0.357. The predicted octanol–water partition coefficient (Wildman–Crippen LogP) is 5.30. The lowest BCUT2D eigenvalue weighted by Crippen LogP contribution is -2.84. The van der Waals surface area contributed by atoms with Gasteiger partial charge < -0.3 is 4.74 Å². The van der Waals surface area contributed by atoms with Gasteiger partial charge in [0.05, 0.1) is 0 Å². The Kier molecular flexibility index (Phi) is 6.53. The topological polar surface area (TPSA) is 15.7 Å².